The van der Waals surface area contributed by atoms with E-state index in [1.807, 2.05) is 0 Å². The number of nitrogens with two attached hydrogens (primary N) is 1. The summed E-state index contributed by atoms with van der Waals surface area (Å²) < 4.78 is 56.4. The molecule has 6 nitrogen and oxygen atoms in total. The van der Waals surface area contributed by atoms with Crippen LogP contribution in [0.4, 0.5) is 33.9 Å². The van der Waals surface area contributed by atoms with E-state index in [2.05, 4.69) is 9.98 Å². The van der Waals surface area contributed by atoms with Gasteiger partial charge in [0.25, 0.3) is 5.91 Å². The second kappa shape index (κ2) is 8.74. The number of hydrogen-bond acceptors (Lipinski definition) is 3. The first-order valence-electron chi connectivity index (χ1n) is 8.77. The fraction of sp³-hybridized carbons (Fsp3) is 0.0476. The average Bonchev–Trinajstić information content (AvgIpc) is 2.70. The number of aliphatic imine (C=N–C) groups is 1. The Labute approximate surface area is 173 Å². The number of pyridine rings is 1. The minimum Gasteiger partial charge on any atom is -0.351 e. The molecule has 0 bridgehead atoms. The number of carbonyl (C=O) groups is 2. The number of urea groups is 1. The molecule has 0 saturated carbocycles. The van der Waals surface area contributed by atoms with Crippen LogP contribution in [0.2, 0.25) is 0 Å². The highest BCUT2D eigenvalue weighted by molar-refractivity contribution is 6.04. The Morgan fingerprint density at radius 1 is 1.00 bits per heavy atom. The summed E-state index contributed by atoms with van der Waals surface area (Å²) in [6.07, 6.45) is 1.20. The van der Waals surface area contributed by atoms with Crippen LogP contribution in [-0.4, -0.2) is 23.1 Å². The third-order valence-electron chi connectivity index (χ3n) is 4.15. The molecule has 31 heavy (non-hydrogen) atoms. The Morgan fingerprint density at radius 3 is 2.26 bits per heavy atom. The fourth-order valence-electron chi connectivity index (χ4n) is 2.86. The molecule has 10 heteroatoms. The lowest BCUT2D eigenvalue weighted by molar-refractivity contribution is 0.100. The zero-order chi connectivity index (χ0) is 22.7. The lowest BCUT2D eigenvalue weighted by Crippen LogP contribution is -2.33. The number of aromatic nitrogens is 1. The van der Waals surface area contributed by atoms with Gasteiger partial charge in [-0.05, 0) is 43.3 Å². The van der Waals surface area contributed by atoms with Crippen molar-refractivity contribution in [1.82, 2.24) is 4.98 Å². The molecule has 158 valence electrons. The predicted molar refractivity (Wildman–Crippen MR) is 106 cm³/mol. The molecule has 0 unspecified atom stereocenters. The van der Waals surface area contributed by atoms with Gasteiger partial charge >= 0.3 is 6.03 Å². The van der Waals surface area contributed by atoms with E-state index in [4.69, 9.17) is 5.73 Å². The Kier molecular flexibility index (Phi) is 6.10. The SMILES string of the molecule is CC=NC(=O)c1ccc(N(C(N)=O)c2c(F)cccc2F)nc1-c1ccc(F)cc1F. The highest BCUT2D eigenvalue weighted by Gasteiger charge is 2.26. The summed E-state index contributed by atoms with van der Waals surface area (Å²) in [5.74, 6) is -5.34. The first-order valence-corrected chi connectivity index (χ1v) is 8.77. The monoisotopic (exact) mass is 430 g/mol. The van der Waals surface area contributed by atoms with Gasteiger partial charge in [-0.25, -0.2) is 37.2 Å². The summed E-state index contributed by atoms with van der Waals surface area (Å²) in [4.78, 5) is 32.5. The molecule has 0 spiro atoms. The smallest absolute Gasteiger partial charge is 0.325 e. The molecular formula is C21H14F4N4O2. The molecule has 0 aliphatic carbocycles. The first-order chi connectivity index (χ1) is 14.7. The van der Waals surface area contributed by atoms with Crippen molar-refractivity contribution in [3.05, 3.63) is 77.4 Å². The van der Waals surface area contributed by atoms with Crippen molar-refractivity contribution in [3.63, 3.8) is 0 Å². The van der Waals surface area contributed by atoms with Crippen molar-refractivity contribution in [1.29, 1.82) is 0 Å². The van der Waals surface area contributed by atoms with Crippen molar-refractivity contribution in [2.75, 3.05) is 4.90 Å². The van der Waals surface area contributed by atoms with Crippen molar-refractivity contribution in [2.24, 2.45) is 10.7 Å². The number of para-hydroxylation sites is 1. The van der Waals surface area contributed by atoms with E-state index in [0.717, 1.165) is 42.5 Å². The van der Waals surface area contributed by atoms with Crippen LogP contribution >= 0.6 is 0 Å². The molecule has 0 saturated heterocycles. The molecule has 0 fully saturated rings. The van der Waals surface area contributed by atoms with E-state index in [0.29, 0.717) is 11.0 Å². The van der Waals surface area contributed by atoms with Crippen LogP contribution in [0.1, 0.15) is 17.3 Å². The molecule has 2 aromatic carbocycles. The normalized spacial score (nSPS) is 11.0. The lowest BCUT2D eigenvalue weighted by Gasteiger charge is -2.22. The van der Waals surface area contributed by atoms with Gasteiger partial charge in [-0.3, -0.25) is 4.79 Å². The molecule has 0 atom stereocenters. The van der Waals surface area contributed by atoms with Crippen LogP contribution in [0, 0.1) is 23.3 Å². The van der Waals surface area contributed by atoms with Crippen molar-refractivity contribution < 1.29 is 27.2 Å². The van der Waals surface area contributed by atoms with E-state index >= 15 is 0 Å². The van der Waals surface area contributed by atoms with E-state index < -0.39 is 46.7 Å². The maximum atomic E-state index is 14.5. The standard InChI is InChI=1S/C21H14F4N4O2/c1-2-27-20(30)13-8-9-17(28-18(13)12-7-6-11(22)10-16(12)25)29(21(26)31)19-14(23)4-3-5-15(19)24/h2-10H,1H3,(H2,26,31). The average molecular weight is 430 g/mol. The van der Waals surface area contributed by atoms with Gasteiger partial charge in [0.2, 0.25) is 0 Å². The van der Waals surface area contributed by atoms with Crippen LogP contribution in [0.3, 0.4) is 0 Å². The van der Waals surface area contributed by atoms with Gasteiger partial charge in [0.1, 0.15) is 34.8 Å². The van der Waals surface area contributed by atoms with Crippen LogP contribution in [-0.2, 0) is 0 Å². The highest BCUT2D eigenvalue weighted by Crippen LogP contribution is 2.33. The third kappa shape index (κ3) is 4.27. The van der Waals surface area contributed by atoms with Crippen molar-refractivity contribution in [2.45, 2.75) is 6.92 Å². The largest absolute Gasteiger partial charge is 0.351 e. The number of anilines is 2. The summed E-state index contributed by atoms with van der Waals surface area (Å²) in [6.45, 7) is 1.48. The number of benzene rings is 2. The number of primary amides is 1. The van der Waals surface area contributed by atoms with E-state index in [9.17, 15) is 27.2 Å². The van der Waals surface area contributed by atoms with E-state index in [1.54, 1.807) is 0 Å². The maximum Gasteiger partial charge on any atom is 0.325 e. The zero-order valence-corrected chi connectivity index (χ0v) is 15.9. The predicted octanol–water partition coefficient (Wildman–Crippen LogP) is 4.75. The van der Waals surface area contributed by atoms with Gasteiger partial charge in [0.15, 0.2) is 0 Å². The Hall–Kier alpha value is -4.08. The molecule has 3 amide bonds. The lowest BCUT2D eigenvalue weighted by atomic mass is 10.0. The molecule has 0 aliphatic heterocycles. The second-order valence-corrected chi connectivity index (χ2v) is 6.13. The number of hydrogen-bond donors (Lipinski definition) is 1. The number of amides is 3. The summed E-state index contributed by atoms with van der Waals surface area (Å²) in [6, 6.07) is 6.39. The van der Waals surface area contributed by atoms with Crippen LogP contribution in [0.15, 0.2) is 53.5 Å². The minimum absolute atomic E-state index is 0.189. The quantitative estimate of drug-likeness (QED) is 0.478. The molecule has 1 heterocycles. The molecule has 1 aromatic heterocycles. The van der Waals surface area contributed by atoms with Gasteiger partial charge in [-0.2, -0.15) is 0 Å². The number of carbonyl (C=O) groups excluding carboxylic acids is 2. The van der Waals surface area contributed by atoms with Gasteiger partial charge in [-0.1, -0.05) is 6.07 Å². The molecule has 2 N–H and O–H groups in total. The maximum absolute atomic E-state index is 14.5. The van der Waals surface area contributed by atoms with Gasteiger partial charge in [0.05, 0.1) is 11.3 Å². The van der Waals surface area contributed by atoms with Gasteiger partial charge in [-0.15, -0.1) is 0 Å². The van der Waals surface area contributed by atoms with Crippen LogP contribution in [0.5, 0.6) is 0 Å². The van der Waals surface area contributed by atoms with E-state index in [1.165, 1.54) is 13.1 Å². The summed E-state index contributed by atoms with van der Waals surface area (Å²) in [7, 11) is 0. The molecule has 0 aliphatic rings. The van der Waals surface area contributed by atoms with Crippen molar-refractivity contribution >= 4 is 29.7 Å². The summed E-state index contributed by atoms with van der Waals surface area (Å²) in [5.41, 5.74) is 3.71. The van der Waals surface area contributed by atoms with Gasteiger partial charge < -0.3 is 5.73 Å². The number of rotatable bonds is 4. The fourth-order valence-corrected chi connectivity index (χ4v) is 2.86. The Morgan fingerprint density at radius 2 is 1.68 bits per heavy atom. The third-order valence-corrected chi connectivity index (χ3v) is 4.15. The first kappa shape index (κ1) is 21.6. The second-order valence-electron chi connectivity index (χ2n) is 6.13. The topological polar surface area (TPSA) is 88.6 Å². The van der Waals surface area contributed by atoms with Gasteiger partial charge in [0, 0.05) is 17.8 Å². The molecule has 0 radical (unpaired) electrons. The minimum atomic E-state index is -1.28. The number of nitrogens with zero attached hydrogens (tertiary/aromatic N) is 3. The Balaban J connectivity index is 2.29. The summed E-state index contributed by atoms with van der Waals surface area (Å²) >= 11 is 0. The van der Waals surface area contributed by atoms with Crippen LogP contribution < -0.4 is 10.6 Å². The summed E-state index contributed by atoms with van der Waals surface area (Å²) in [5, 5.41) is 0. The molecule has 3 aromatic rings. The van der Waals surface area contributed by atoms with E-state index in [-0.39, 0.29) is 16.8 Å². The number of halogens is 4. The Bertz CT molecular complexity index is 1190. The zero-order valence-electron chi connectivity index (χ0n) is 15.9. The molecular weight excluding hydrogens is 416 g/mol. The highest BCUT2D eigenvalue weighted by atomic mass is 19.1. The van der Waals surface area contributed by atoms with Crippen molar-refractivity contribution in [3.8, 4) is 11.3 Å². The molecule has 3 rings (SSSR count). The van der Waals surface area contributed by atoms with Crippen LogP contribution in [0.25, 0.3) is 11.3 Å².